The Hall–Kier alpha value is -2.93. The molecule has 0 spiro atoms. The summed E-state index contributed by atoms with van der Waals surface area (Å²) in [6.07, 6.45) is 0. The Morgan fingerprint density at radius 2 is 1.67 bits per heavy atom. The van der Waals surface area contributed by atoms with Crippen molar-refractivity contribution in [3.05, 3.63) is 76.3 Å². The number of nitrogens with zero attached hydrogens (tertiary/aromatic N) is 1. The molecule has 7 heteroatoms. The van der Waals surface area contributed by atoms with Crippen LogP contribution in [0.2, 0.25) is 0 Å². The van der Waals surface area contributed by atoms with Gasteiger partial charge in [0.1, 0.15) is 10.6 Å². The van der Waals surface area contributed by atoms with Gasteiger partial charge in [-0.3, -0.25) is 10.1 Å². The van der Waals surface area contributed by atoms with E-state index >= 15 is 0 Å². The molecule has 0 bridgehead atoms. The van der Waals surface area contributed by atoms with Crippen LogP contribution in [0.3, 0.4) is 0 Å². The molecule has 6 nitrogen and oxygen atoms in total. The second-order valence-corrected chi connectivity index (χ2v) is 6.80. The lowest BCUT2D eigenvalue weighted by molar-refractivity contribution is -0.385. The summed E-state index contributed by atoms with van der Waals surface area (Å²) in [5.74, 6) is 0.150. The fourth-order valence-electron chi connectivity index (χ4n) is 2.34. The lowest BCUT2D eigenvalue weighted by atomic mass is 10.1. The van der Waals surface area contributed by atoms with Gasteiger partial charge in [0.05, 0.1) is 4.92 Å². The van der Waals surface area contributed by atoms with Crippen molar-refractivity contribution in [2.75, 3.05) is 0 Å². The van der Waals surface area contributed by atoms with Crippen molar-refractivity contribution < 1.29 is 17.5 Å². The highest BCUT2D eigenvalue weighted by Crippen LogP contribution is 2.26. The molecule has 0 saturated heterocycles. The Morgan fingerprint density at radius 1 is 0.958 bits per heavy atom. The zero-order chi connectivity index (χ0) is 17.3. The Balaban J connectivity index is 1.98. The van der Waals surface area contributed by atoms with Crippen molar-refractivity contribution in [3.63, 3.8) is 0 Å². The van der Waals surface area contributed by atoms with E-state index in [2.05, 4.69) is 0 Å². The summed E-state index contributed by atoms with van der Waals surface area (Å²) in [5.41, 5.74) is 0.114. The highest BCUT2D eigenvalue weighted by molar-refractivity contribution is 7.87. The molecule has 0 heterocycles. The van der Waals surface area contributed by atoms with E-state index in [1.165, 1.54) is 12.1 Å². The first-order chi connectivity index (χ1) is 11.4. The Labute approximate surface area is 138 Å². The van der Waals surface area contributed by atoms with Crippen LogP contribution >= 0.6 is 0 Å². The van der Waals surface area contributed by atoms with Crippen LogP contribution in [-0.4, -0.2) is 13.3 Å². The summed E-state index contributed by atoms with van der Waals surface area (Å²) >= 11 is 0. The number of nitro benzene ring substituents is 1. The van der Waals surface area contributed by atoms with Crippen molar-refractivity contribution >= 4 is 26.6 Å². The van der Waals surface area contributed by atoms with Crippen LogP contribution in [0.1, 0.15) is 5.56 Å². The summed E-state index contributed by atoms with van der Waals surface area (Å²) in [6, 6.07) is 16.0. The van der Waals surface area contributed by atoms with Crippen LogP contribution < -0.4 is 4.18 Å². The van der Waals surface area contributed by atoms with E-state index in [0.29, 0.717) is 5.56 Å². The number of nitro groups is 1. The molecule has 0 unspecified atom stereocenters. The van der Waals surface area contributed by atoms with Gasteiger partial charge in [0.15, 0.2) is 0 Å². The smallest absolute Gasteiger partial charge is 0.339 e. The molecular formula is C17H13NO5S. The molecule has 0 aromatic heterocycles. The van der Waals surface area contributed by atoms with Crippen molar-refractivity contribution in [1.82, 2.24) is 0 Å². The van der Waals surface area contributed by atoms with Gasteiger partial charge >= 0.3 is 10.1 Å². The van der Waals surface area contributed by atoms with Crippen LogP contribution in [0, 0.1) is 17.0 Å². The minimum atomic E-state index is -4.16. The predicted molar refractivity (Wildman–Crippen MR) is 89.6 cm³/mol. The van der Waals surface area contributed by atoms with E-state index in [1.807, 2.05) is 24.3 Å². The number of hydrogen-bond acceptors (Lipinski definition) is 5. The molecule has 0 atom stereocenters. The molecule has 0 radical (unpaired) electrons. The van der Waals surface area contributed by atoms with Crippen LogP contribution in [0.4, 0.5) is 5.69 Å². The number of fused-ring (bicyclic) bond motifs is 1. The average Bonchev–Trinajstić information content (AvgIpc) is 2.54. The fraction of sp³-hybridized carbons (Fsp3) is 0.0588. The minimum Gasteiger partial charge on any atom is -0.379 e. The van der Waals surface area contributed by atoms with Gasteiger partial charge in [-0.2, -0.15) is 8.42 Å². The summed E-state index contributed by atoms with van der Waals surface area (Å²) in [6.45, 7) is 1.54. The highest BCUT2D eigenvalue weighted by Gasteiger charge is 2.21. The lowest BCUT2D eigenvalue weighted by Gasteiger charge is -2.08. The molecule has 0 N–H and O–H groups in total. The average molecular weight is 343 g/mol. The van der Waals surface area contributed by atoms with Gasteiger partial charge in [-0.15, -0.1) is 0 Å². The minimum absolute atomic E-state index is 0.150. The maximum absolute atomic E-state index is 12.4. The molecule has 0 saturated carbocycles. The van der Waals surface area contributed by atoms with Crippen LogP contribution in [0.5, 0.6) is 5.75 Å². The zero-order valence-corrected chi connectivity index (χ0v) is 13.5. The molecule has 24 heavy (non-hydrogen) atoms. The fourth-order valence-corrected chi connectivity index (χ4v) is 3.28. The zero-order valence-electron chi connectivity index (χ0n) is 12.7. The third kappa shape index (κ3) is 3.07. The molecule has 3 rings (SSSR count). The maximum atomic E-state index is 12.4. The molecular weight excluding hydrogens is 330 g/mol. The number of aryl methyl sites for hydroxylation is 1. The highest BCUT2D eigenvalue weighted by atomic mass is 32.2. The van der Waals surface area contributed by atoms with Gasteiger partial charge in [-0.05, 0) is 35.9 Å². The summed E-state index contributed by atoms with van der Waals surface area (Å²) < 4.78 is 29.9. The molecule has 0 aliphatic heterocycles. The van der Waals surface area contributed by atoms with Crippen molar-refractivity contribution in [3.8, 4) is 5.75 Å². The number of rotatable bonds is 4. The standard InChI is InChI=1S/C17H13NO5S/c1-12-6-9-16(11-17(12)18(19)20)24(21,22)23-15-8-7-13-4-2-3-5-14(13)10-15/h2-11H,1H3. The Morgan fingerprint density at radius 3 is 2.38 bits per heavy atom. The Bertz CT molecular complexity index is 1040. The van der Waals surface area contributed by atoms with Gasteiger partial charge in [0.25, 0.3) is 5.69 Å². The maximum Gasteiger partial charge on any atom is 0.339 e. The van der Waals surface area contributed by atoms with Crippen LogP contribution in [-0.2, 0) is 10.1 Å². The van der Waals surface area contributed by atoms with Crippen molar-refractivity contribution in [2.45, 2.75) is 11.8 Å². The summed E-state index contributed by atoms with van der Waals surface area (Å²) in [5, 5.41) is 12.8. The number of benzene rings is 3. The molecule has 3 aromatic rings. The Kier molecular flexibility index (Phi) is 3.94. The monoisotopic (exact) mass is 343 g/mol. The summed E-state index contributed by atoms with van der Waals surface area (Å²) in [7, 11) is -4.16. The van der Waals surface area contributed by atoms with Crippen LogP contribution in [0.15, 0.2) is 65.6 Å². The number of hydrogen-bond donors (Lipinski definition) is 0. The third-order valence-electron chi connectivity index (χ3n) is 3.59. The van der Waals surface area contributed by atoms with Gasteiger partial charge in [-0.25, -0.2) is 0 Å². The first-order valence-corrected chi connectivity index (χ1v) is 8.46. The van der Waals surface area contributed by atoms with Crippen LogP contribution in [0.25, 0.3) is 10.8 Å². The summed E-state index contributed by atoms with van der Waals surface area (Å²) in [4.78, 5) is 10.1. The van der Waals surface area contributed by atoms with E-state index in [0.717, 1.165) is 16.8 Å². The molecule has 0 amide bonds. The first-order valence-electron chi connectivity index (χ1n) is 7.05. The van der Waals surface area contributed by atoms with Gasteiger partial charge in [-0.1, -0.05) is 36.4 Å². The largest absolute Gasteiger partial charge is 0.379 e. The van der Waals surface area contributed by atoms with E-state index < -0.39 is 15.0 Å². The second kappa shape index (κ2) is 5.93. The topological polar surface area (TPSA) is 86.5 Å². The SMILES string of the molecule is Cc1ccc(S(=O)(=O)Oc2ccc3ccccc3c2)cc1[N+](=O)[O-]. The van der Waals surface area contributed by atoms with E-state index in [4.69, 9.17) is 4.18 Å². The predicted octanol–water partition coefficient (Wildman–Crippen LogP) is 3.82. The first kappa shape index (κ1) is 15.9. The molecule has 0 fully saturated rings. The van der Waals surface area contributed by atoms with Crippen molar-refractivity contribution in [1.29, 1.82) is 0 Å². The van der Waals surface area contributed by atoms with Gasteiger partial charge in [0.2, 0.25) is 0 Å². The van der Waals surface area contributed by atoms with E-state index in [1.54, 1.807) is 25.1 Å². The molecule has 0 aliphatic rings. The normalized spacial score (nSPS) is 11.4. The third-order valence-corrected chi connectivity index (χ3v) is 4.84. The second-order valence-electron chi connectivity index (χ2n) is 5.25. The molecule has 3 aromatic carbocycles. The lowest BCUT2D eigenvalue weighted by Crippen LogP contribution is -2.10. The quantitative estimate of drug-likeness (QED) is 0.408. The molecule has 122 valence electrons. The van der Waals surface area contributed by atoms with Crippen molar-refractivity contribution in [2.24, 2.45) is 0 Å². The molecule has 0 aliphatic carbocycles. The van der Waals surface area contributed by atoms with E-state index in [9.17, 15) is 18.5 Å². The van der Waals surface area contributed by atoms with E-state index in [-0.39, 0.29) is 16.3 Å². The van der Waals surface area contributed by atoms with Gasteiger partial charge < -0.3 is 4.18 Å². The van der Waals surface area contributed by atoms with Gasteiger partial charge in [0, 0.05) is 11.6 Å².